The highest BCUT2D eigenvalue weighted by Crippen LogP contribution is 2.32. The summed E-state index contributed by atoms with van der Waals surface area (Å²) < 4.78 is 11.5. The van der Waals surface area contributed by atoms with Crippen LogP contribution in [-0.2, 0) is 4.79 Å². The molecule has 1 fully saturated rings. The quantitative estimate of drug-likeness (QED) is 0.875. The number of benzene rings is 1. The number of carbonyl (C=O) groups is 1. The van der Waals surface area contributed by atoms with Crippen LogP contribution in [0.15, 0.2) is 30.5 Å². The lowest BCUT2D eigenvalue weighted by Gasteiger charge is -2.30. The average Bonchev–Trinajstić information content (AvgIpc) is 2.59. The van der Waals surface area contributed by atoms with Crippen LogP contribution in [0.2, 0.25) is 0 Å². The Bertz CT molecular complexity index is 712. The van der Waals surface area contributed by atoms with Crippen LogP contribution in [-0.4, -0.2) is 49.1 Å². The van der Waals surface area contributed by atoms with E-state index in [1.807, 2.05) is 24.3 Å². The molecule has 0 radical (unpaired) electrons. The summed E-state index contributed by atoms with van der Waals surface area (Å²) in [7, 11) is 1.65. The van der Waals surface area contributed by atoms with Crippen LogP contribution in [0.3, 0.4) is 0 Å². The number of methoxy groups -OCH3 is 1. The second kappa shape index (κ2) is 7.49. The number of primary amides is 1. The van der Waals surface area contributed by atoms with Gasteiger partial charge in [0.2, 0.25) is 5.91 Å². The number of piperidine rings is 1. The molecular formula is C18H23N3O3. The molecule has 1 aliphatic rings. The van der Waals surface area contributed by atoms with E-state index in [1.165, 1.54) is 0 Å². The fourth-order valence-corrected chi connectivity index (χ4v) is 3.09. The molecule has 128 valence electrons. The van der Waals surface area contributed by atoms with Crippen molar-refractivity contribution in [1.29, 1.82) is 0 Å². The zero-order valence-corrected chi connectivity index (χ0v) is 13.9. The molecule has 1 aromatic carbocycles. The van der Waals surface area contributed by atoms with Crippen molar-refractivity contribution < 1.29 is 14.3 Å². The van der Waals surface area contributed by atoms with E-state index in [0.717, 1.165) is 48.3 Å². The van der Waals surface area contributed by atoms with Gasteiger partial charge < -0.3 is 15.2 Å². The summed E-state index contributed by atoms with van der Waals surface area (Å²) in [5, 5.41) is 1.03. The number of fused-ring (bicyclic) bond motifs is 1. The number of ether oxygens (including phenoxy) is 2. The molecule has 0 spiro atoms. The Morgan fingerprint density at radius 2 is 2.12 bits per heavy atom. The van der Waals surface area contributed by atoms with E-state index in [-0.39, 0.29) is 5.91 Å². The Balaban J connectivity index is 1.60. The highest BCUT2D eigenvalue weighted by Gasteiger charge is 2.21. The summed E-state index contributed by atoms with van der Waals surface area (Å²) in [6.07, 6.45) is 3.77. The molecule has 2 aromatic rings. The van der Waals surface area contributed by atoms with Crippen molar-refractivity contribution in [2.24, 2.45) is 11.7 Å². The summed E-state index contributed by atoms with van der Waals surface area (Å²) in [5.74, 6) is 1.65. The van der Waals surface area contributed by atoms with Crippen molar-refractivity contribution in [3.8, 4) is 11.5 Å². The monoisotopic (exact) mass is 329 g/mol. The van der Waals surface area contributed by atoms with Crippen LogP contribution < -0.4 is 15.2 Å². The molecule has 3 rings (SSSR count). The van der Waals surface area contributed by atoms with E-state index < -0.39 is 0 Å². The van der Waals surface area contributed by atoms with Crippen molar-refractivity contribution in [2.75, 3.05) is 33.4 Å². The first-order valence-electron chi connectivity index (χ1n) is 8.22. The van der Waals surface area contributed by atoms with Crippen molar-refractivity contribution in [3.63, 3.8) is 0 Å². The zero-order valence-electron chi connectivity index (χ0n) is 13.9. The van der Waals surface area contributed by atoms with Gasteiger partial charge in [0.05, 0.1) is 25.8 Å². The van der Waals surface area contributed by atoms with Crippen molar-refractivity contribution >= 4 is 16.8 Å². The van der Waals surface area contributed by atoms with Crippen LogP contribution in [0.25, 0.3) is 10.9 Å². The van der Waals surface area contributed by atoms with Gasteiger partial charge in [-0.25, -0.2) is 0 Å². The molecule has 0 saturated carbocycles. The Morgan fingerprint density at radius 1 is 1.33 bits per heavy atom. The van der Waals surface area contributed by atoms with Crippen LogP contribution >= 0.6 is 0 Å². The van der Waals surface area contributed by atoms with Crippen LogP contribution in [0.1, 0.15) is 12.8 Å². The summed E-state index contributed by atoms with van der Waals surface area (Å²) in [4.78, 5) is 17.4. The third-order valence-electron chi connectivity index (χ3n) is 4.45. The third-order valence-corrected chi connectivity index (χ3v) is 4.45. The van der Waals surface area contributed by atoms with Gasteiger partial charge in [-0.15, -0.1) is 0 Å². The molecular weight excluding hydrogens is 306 g/mol. The minimum atomic E-state index is -0.266. The lowest BCUT2D eigenvalue weighted by molar-refractivity contribution is -0.119. The number of amides is 1. The van der Waals surface area contributed by atoms with E-state index in [2.05, 4.69) is 9.88 Å². The smallest absolute Gasteiger partial charge is 0.231 e. The number of aromatic nitrogens is 1. The van der Waals surface area contributed by atoms with E-state index in [9.17, 15) is 4.79 Å². The van der Waals surface area contributed by atoms with Crippen molar-refractivity contribution in [2.45, 2.75) is 12.8 Å². The van der Waals surface area contributed by atoms with Crippen LogP contribution in [0.5, 0.6) is 11.5 Å². The average molecular weight is 329 g/mol. The maximum Gasteiger partial charge on any atom is 0.231 e. The van der Waals surface area contributed by atoms with Gasteiger partial charge in [-0.2, -0.15) is 0 Å². The van der Waals surface area contributed by atoms with Gasteiger partial charge in [-0.05, 0) is 44.0 Å². The van der Waals surface area contributed by atoms with E-state index in [4.69, 9.17) is 15.2 Å². The lowest BCUT2D eigenvalue weighted by atomic mass is 9.98. The standard InChI is InChI=1S/C18H23N3O3/c1-23-16-9-14-3-2-6-20-15(14)10-17(16)24-12-13-4-7-21(8-5-13)11-18(19)22/h2-3,6,9-10,13H,4-5,7-8,11-12H2,1H3,(H2,19,22). The molecule has 0 unspecified atom stereocenters. The first-order chi connectivity index (χ1) is 11.7. The van der Waals surface area contributed by atoms with Gasteiger partial charge in [0, 0.05) is 17.6 Å². The van der Waals surface area contributed by atoms with E-state index in [0.29, 0.717) is 19.1 Å². The summed E-state index contributed by atoms with van der Waals surface area (Å²) in [6, 6.07) is 7.79. The second-order valence-electron chi connectivity index (χ2n) is 6.20. The molecule has 6 nitrogen and oxygen atoms in total. The Kier molecular flexibility index (Phi) is 5.15. The number of hydrogen-bond donors (Lipinski definition) is 1. The van der Waals surface area contributed by atoms with Crippen molar-refractivity contribution in [3.05, 3.63) is 30.5 Å². The van der Waals surface area contributed by atoms with Gasteiger partial charge in [-0.1, -0.05) is 6.07 Å². The van der Waals surface area contributed by atoms with Gasteiger partial charge in [0.25, 0.3) is 0 Å². The molecule has 0 bridgehead atoms. The largest absolute Gasteiger partial charge is 0.493 e. The van der Waals surface area contributed by atoms with Crippen LogP contribution in [0, 0.1) is 5.92 Å². The predicted octanol–water partition coefficient (Wildman–Crippen LogP) is 1.82. The number of rotatable bonds is 6. The second-order valence-corrected chi connectivity index (χ2v) is 6.20. The number of nitrogens with two attached hydrogens (primary N) is 1. The van der Waals surface area contributed by atoms with Gasteiger partial charge in [0.15, 0.2) is 11.5 Å². The summed E-state index contributed by atoms with van der Waals surface area (Å²) in [6.45, 7) is 2.75. The van der Waals surface area contributed by atoms with Gasteiger partial charge in [0.1, 0.15) is 0 Å². The molecule has 1 amide bonds. The van der Waals surface area contributed by atoms with Crippen LogP contribution in [0.4, 0.5) is 0 Å². The highest BCUT2D eigenvalue weighted by molar-refractivity contribution is 5.82. The molecule has 0 atom stereocenters. The molecule has 24 heavy (non-hydrogen) atoms. The van der Waals surface area contributed by atoms with Gasteiger partial charge >= 0.3 is 0 Å². The minimum absolute atomic E-state index is 0.266. The van der Waals surface area contributed by atoms with Gasteiger partial charge in [-0.3, -0.25) is 14.7 Å². The Labute approximate surface area is 141 Å². The Hall–Kier alpha value is -2.34. The van der Waals surface area contributed by atoms with Crippen molar-refractivity contribution in [1.82, 2.24) is 9.88 Å². The number of likely N-dealkylation sites (tertiary alicyclic amines) is 1. The maximum absolute atomic E-state index is 11.0. The topological polar surface area (TPSA) is 77.7 Å². The maximum atomic E-state index is 11.0. The fraction of sp³-hybridized carbons (Fsp3) is 0.444. The zero-order chi connectivity index (χ0) is 16.9. The number of nitrogens with zero attached hydrogens (tertiary/aromatic N) is 2. The number of hydrogen-bond acceptors (Lipinski definition) is 5. The molecule has 1 aromatic heterocycles. The highest BCUT2D eigenvalue weighted by atomic mass is 16.5. The molecule has 2 heterocycles. The third kappa shape index (κ3) is 3.94. The predicted molar refractivity (Wildman–Crippen MR) is 92.1 cm³/mol. The normalized spacial score (nSPS) is 16.2. The molecule has 2 N–H and O–H groups in total. The minimum Gasteiger partial charge on any atom is -0.493 e. The van der Waals surface area contributed by atoms with E-state index >= 15 is 0 Å². The first-order valence-corrected chi connectivity index (χ1v) is 8.22. The Morgan fingerprint density at radius 3 is 2.83 bits per heavy atom. The number of carbonyl (C=O) groups excluding carboxylic acids is 1. The fourth-order valence-electron chi connectivity index (χ4n) is 3.09. The molecule has 1 saturated heterocycles. The number of pyridine rings is 1. The van der Waals surface area contributed by atoms with E-state index in [1.54, 1.807) is 13.3 Å². The summed E-state index contributed by atoms with van der Waals surface area (Å²) in [5.41, 5.74) is 6.14. The molecule has 6 heteroatoms. The molecule has 1 aliphatic heterocycles. The lowest BCUT2D eigenvalue weighted by Crippen LogP contribution is -2.40. The SMILES string of the molecule is COc1cc2cccnc2cc1OCC1CCN(CC(N)=O)CC1. The first kappa shape index (κ1) is 16.5. The summed E-state index contributed by atoms with van der Waals surface area (Å²) >= 11 is 0. The molecule has 0 aliphatic carbocycles.